The van der Waals surface area contributed by atoms with Gasteiger partial charge in [-0.1, -0.05) is 6.42 Å². The van der Waals surface area contributed by atoms with Crippen LogP contribution in [0.4, 0.5) is 0 Å². The number of aliphatic hydroxyl groups is 1. The van der Waals surface area contributed by atoms with E-state index < -0.39 is 5.60 Å². The summed E-state index contributed by atoms with van der Waals surface area (Å²) in [6.07, 6.45) is 3.35. The molecule has 0 bridgehead atoms. The van der Waals surface area contributed by atoms with E-state index >= 15 is 0 Å². The molecule has 2 rings (SSSR count). The van der Waals surface area contributed by atoms with Crippen LogP contribution >= 0.6 is 0 Å². The topological polar surface area (TPSA) is 40.5 Å². The highest BCUT2D eigenvalue weighted by Gasteiger charge is 2.42. The van der Waals surface area contributed by atoms with E-state index in [0.29, 0.717) is 11.8 Å². The van der Waals surface area contributed by atoms with Crippen molar-refractivity contribution in [1.82, 2.24) is 4.90 Å². The molecule has 3 heteroatoms. The Kier molecular flexibility index (Phi) is 2.30. The lowest BCUT2D eigenvalue weighted by Crippen LogP contribution is -2.59. The molecule has 0 atom stereocenters. The average molecular weight is 197 g/mol. The van der Waals surface area contributed by atoms with Crippen LogP contribution in [0.1, 0.15) is 33.1 Å². The van der Waals surface area contributed by atoms with Crippen LogP contribution in [0.15, 0.2) is 0 Å². The Morgan fingerprint density at radius 2 is 1.93 bits per heavy atom. The highest BCUT2D eigenvalue weighted by Crippen LogP contribution is 2.33. The summed E-state index contributed by atoms with van der Waals surface area (Å²) in [5.41, 5.74) is -0.629. The summed E-state index contributed by atoms with van der Waals surface area (Å²) in [7, 11) is 0. The van der Waals surface area contributed by atoms with Crippen molar-refractivity contribution in [1.29, 1.82) is 0 Å². The molecule has 0 aromatic rings. The molecule has 1 heterocycles. The van der Waals surface area contributed by atoms with Crippen molar-refractivity contribution in [2.24, 2.45) is 11.8 Å². The second-order valence-corrected chi connectivity index (χ2v) is 5.22. The summed E-state index contributed by atoms with van der Waals surface area (Å²) in [4.78, 5) is 13.6. The largest absolute Gasteiger partial charge is 0.390 e. The molecular weight excluding hydrogens is 178 g/mol. The minimum atomic E-state index is -0.629. The first-order valence-corrected chi connectivity index (χ1v) is 5.49. The summed E-state index contributed by atoms with van der Waals surface area (Å²) in [6, 6.07) is 0. The molecule has 0 spiro atoms. The van der Waals surface area contributed by atoms with E-state index in [1.807, 2.05) is 18.7 Å². The molecule has 2 fully saturated rings. The van der Waals surface area contributed by atoms with Gasteiger partial charge in [-0.15, -0.1) is 0 Å². The molecule has 0 aromatic heterocycles. The maximum atomic E-state index is 11.7. The maximum absolute atomic E-state index is 11.7. The van der Waals surface area contributed by atoms with Gasteiger partial charge in [0.1, 0.15) is 0 Å². The molecule has 2 aliphatic rings. The zero-order valence-electron chi connectivity index (χ0n) is 8.99. The van der Waals surface area contributed by atoms with Crippen molar-refractivity contribution in [2.45, 2.75) is 38.7 Å². The summed E-state index contributed by atoms with van der Waals surface area (Å²) in [5.74, 6) is 0.890. The molecule has 0 radical (unpaired) electrons. The van der Waals surface area contributed by atoms with Gasteiger partial charge in [0.25, 0.3) is 0 Å². The Balaban J connectivity index is 1.79. The third-order valence-electron chi connectivity index (χ3n) is 3.65. The van der Waals surface area contributed by atoms with E-state index in [4.69, 9.17) is 0 Å². The molecule has 1 saturated heterocycles. The van der Waals surface area contributed by atoms with Gasteiger partial charge in [-0.05, 0) is 26.7 Å². The first kappa shape index (κ1) is 9.97. The quantitative estimate of drug-likeness (QED) is 0.718. The molecule has 1 amide bonds. The lowest BCUT2D eigenvalue weighted by Gasteiger charge is -2.47. The van der Waals surface area contributed by atoms with Crippen molar-refractivity contribution in [3.8, 4) is 0 Å². The van der Waals surface area contributed by atoms with Crippen molar-refractivity contribution < 1.29 is 9.90 Å². The predicted molar refractivity (Wildman–Crippen MR) is 53.7 cm³/mol. The summed E-state index contributed by atoms with van der Waals surface area (Å²) >= 11 is 0. The number of amides is 1. The Labute approximate surface area is 85.1 Å². The lowest BCUT2D eigenvalue weighted by molar-refractivity contribution is -0.151. The van der Waals surface area contributed by atoms with Crippen LogP contribution in [0, 0.1) is 11.8 Å². The fourth-order valence-electron chi connectivity index (χ4n) is 2.02. The van der Waals surface area contributed by atoms with Gasteiger partial charge in [0.05, 0.1) is 5.60 Å². The second kappa shape index (κ2) is 3.23. The van der Waals surface area contributed by atoms with Gasteiger partial charge in [-0.2, -0.15) is 0 Å². The number of rotatable bonds is 2. The first-order valence-electron chi connectivity index (χ1n) is 5.49. The van der Waals surface area contributed by atoms with Gasteiger partial charge in [-0.25, -0.2) is 0 Å². The molecule has 1 saturated carbocycles. The van der Waals surface area contributed by atoms with Crippen LogP contribution in [0.2, 0.25) is 0 Å². The van der Waals surface area contributed by atoms with Crippen LogP contribution in [-0.4, -0.2) is 34.6 Å². The average Bonchev–Trinajstić information content (AvgIpc) is 1.73. The van der Waals surface area contributed by atoms with Gasteiger partial charge < -0.3 is 10.0 Å². The Bertz CT molecular complexity index is 234. The highest BCUT2D eigenvalue weighted by molar-refractivity contribution is 5.80. The van der Waals surface area contributed by atoms with Crippen molar-refractivity contribution in [2.75, 3.05) is 13.1 Å². The van der Waals surface area contributed by atoms with Gasteiger partial charge >= 0.3 is 0 Å². The first-order chi connectivity index (χ1) is 6.48. The van der Waals surface area contributed by atoms with E-state index in [2.05, 4.69) is 0 Å². The maximum Gasteiger partial charge on any atom is 0.225 e. The third kappa shape index (κ3) is 1.65. The molecule has 1 N–H and O–H groups in total. The van der Waals surface area contributed by atoms with Gasteiger partial charge in [0.15, 0.2) is 0 Å². The summed E-state index contributed by atoms with van der Waals surface area (Å²) < 4.78 is 0. The normalized spacial score (nSPS) is 24.4. The zero-order valence-corrected chi connectivity index (χ0v) is 8.99. The summed E-state index contributed by atoms with van der Waals surface area (Å²) in [5, 5.41) is 9.71. The fraction of sp³-hybridized carbons (Fsp3) is 0.909. The van der Waals surface area contributed by atoms with Crippen LogP contribution in [0.5, 0.6) is 0 Å². The minimum absolute atomic E-state index is 0.270. The Morgan fingerprint density at radius 1 is 1.36 bits per heavy atom. The van der Waals surface area contributed by atoms with Crippen molar-refractivity contribution in [3.63, 3.8) is 0 Å². The standard InChI is InChI=1S/C11H19NO2/c1-11(2,14)9-6-12(7-9)10(13)8-4-3-5-8/h8-9,14H,3-7H2,1-2H3. The van der Waals surface area contributed by atoms with Crippen LogP contribution in [-0.2, 0) is 4.79 Å². The Hall–Kier alpha value is -0.570. The second-order valence-electron chi connectivity index (χ2n) is 5.22. The molecule has 0 unspecified atom stereocenters. The number of carbonyl (C=O) groups is 1. The lowest BCUT2D eigenvalue weighted by atomic mass is 9.80. The molecule has 1 aliphatic heterocycles. The van der Waals surface area contributed by atoms with E-state index in [-0.39, 0.29) is 5.92 Å². The van der Waals surface area contributed by atoms with Crippen LogP contribution in [0.3, 0.4) is 0 Å². The Morgan fingerprint density at radius 3 is 2.29 bits per heavy atom. The highest BCUT2D eigenvalue weighted by atomic mass is 16.3. The van der Waals surface area contributed by atoms with E-state index in [1.54, 1.807) is 0 Å². The van der Waals surface area contributed by atoms with Gasteiger partial charge in [0.2, 0.25) is 5.91 Å². The smallest absolute Gasteiger partial charge is 0.225 e. The van der Waals surface area contributed by atoms with Crippen LogP contribution in [0.25, 0.3) is 0 Å². The number of likely N-dealkylation sites (tertiary alicyclic amines) is 1. The van der Waals surface area contributed by atoms with Gasteiger partial charge in [-0.3, -0.25) is 4.79 Å². The van der Waals surface area contributed by atoms with Crippen molar-refractivity contribution >= 4 is 5.91 Å². The molecule has 3 nitrogen and oxygen atoms in total. The zero-order chi connectivity index (χ0) is 10.3. The van der Waals surface area contributed by atoms with Gasteiger partial charge in [0, 0.05) is 24.9 Å². The molecule has 80 valence electrons. The van der Waals surface area contributed by atoms with Crippen LogP contribution < -0.4 is 0 Å². The van der Waals surface area contributed by atoms with E-state index in [1.165, 1.54) is 6.42 Å². The molecule has 14 heavy (non-hydrogen) atoms. The SMILES string of the molecule is CC(C)(O)C1CN(C(=O)C2CCC2)C1. The monoisotopic (exact) mass is 197 g/mol. The molecular formula is C11H19NO2. The molecule has 1 aliphatic carbocycles. The summed E-state index contributed by atoms with van der Waals surface area (Å²) in [6.45, 7) is 5.14. The minimum Gasteiger partial charge on any atom is -0.390 e. The fourth-order valence-corrected chi connectivity index (χ4v) is 2.02. The number of hydrogen-bond acceptors (Lipinski definition) is 2. The number of carbonyl (C=O) groups excluding carboxylic acids is 1. The molecule has 0 aromatic carbocycles. The predicted octanol–water partition coefficient (Wildman–Crippen LogP) is 1.02. The number of hydrogen-bond donors (Lipinski definition) is 1. The van der Waals surface area contributed by atoms with E-state index in [0.717, 1.165) is 25.9 Å². The van der Waals surface area contributed by atoms with Crippen molar-refractivity contribution in [3.05, 3.63) is 0 Å². The van der Waals surface area contributed by atoms with E-state index in [9.17, 15) is 9.90 Å². The number of nitrogens with zero attached hydrogens (tertiary/aromatic N) is 1. The third-order valence-corrected chi connectivity index (χ3v) is 3.65.